The van der Waals surface area contributed by atoms with Crippen molar-refractivity contribution in [3.05, 3.63) is 108 Å². The molecule has 3 nitrogen and oxygen atoms in total. The Labute approximate surface area is 180 Å². The summed E-state index contributed by atoms with van der Waals surface area (Å²) in [5, 5.41) is 0. The summed E-state index contributed by atoms with van der Waals surface area (Å²) in [6.07, 6.45) is 0. The molecular weight excluding hydrogens is 368 g/mol. The second-order valence-corrected chi connectivity index (χ2v) is 8.12. The molecule has 0 spiro atoms. The number of benzene rings is 3. The molecule has 3 aromatic rings. The Morgan fingerprint density at radius 1 is 0.700 bits per heavy atom. The van der Waals surface area contributed by atoms with Crippen molar-refractivity contribution in [1.82, 2.24) is 9.80 Å². The molecule has 30 heavy (non-hydrogen) atoms. The van der Waals surface area contributed by atoms with Crippen LogP contribution in [0.1, 0.15) is 35.6 Å². The zero-order chi connectivity index (χ0) is 20.8. The Balaban J connectivity index is 1.40. The van der Waals surface area contributed by atoms with Gasteiger partial charge >= 0.3 is 0 Å². The minimum absolute atomic E-state index is 0.200. The lowest BCUT2D eigenvalue weighted by Crippen LogP contribution is -2.49. The lowest BCUT2D eigenvalue weighted by molar-refractivity contribution is -0.121. The van der Waals surface area contributed by atoms with Crippen LogP contribution in [0.25, 0.3) is 0 Å². The Bertz CT molecular complexity index is 879. The normalized spacial score (nSPS) is 16.5. The van der Waals surface area contributed by atoms with E-state index in [0.717, 1.165) is 37.3 Å². The predicted octanol–water partition coefficient (Wildman–Crippen LogP) is 4.77. The summed E-state index contributed by atoms with van der Waals surface area (Å²) < 4.78 is 0. The molecule has 1 unspecified atom stereocenters. The van der Waals surface area contributed by atoms with Gasteiger partial charge in [-0.1, -0.05) is 91.0 Å². The molecule has 0 radical (unpaired) electrons. The Hall–Kier alpha value is -2.75. The van der Waals surface area contributed by atoms with Crippen molar-refractivity contribution >= 4 is 5.78 Å². The quantitative estimate of drug-likeness (QED) is 0.573. The van der Waals surface area contributed by atoms with Gasteiger partial charge in [-0.05, 0) is 23.6 Å². The summed E-state index contributed by atoms with van der Waals surface area (Å²) in [7, 11) is 0. The molecule has 1 saturated heterocycles. The number of hydrogen-bond donors (Lipinski definition) is 0. The van der Waals surface area contributed by atoms with Crippen LogP contribution in [0.3, 0.4) is 0 Å². The van der Waals surface area contributed by atoms with Gasteiger partial charge in [0, 0.05) is 32.2 Å². The van der Waals surface area contributed by atoms with Gasteiger partial charge in [-0.2, -0.15) is 0 Å². The number of hydrogen-bond acceptors (Lipinski definition) is 3. The van der Waals surface area contributed by atoms with Crippen molar-refractivity contribution in [2.75, 3.05) is 32.7 Å². The summed E-state index contributed by atoms with van der Waals surface area (Å²) in [6, 6.07) is 31.4. The molecule has 0 aromatic heterocycles. The maximum atomic E-state index is 13.4. The molecule has 0 bridgehead atoms. The topological polar surface area (TPSA) is 23.6 Å². The number of carbonyl (C=O) groups is 1. The number of nitrogens with zero attached hydrogens (tertiary/aromatic N) is 2. The molecule has 154 valence electrons. The van der Waals surface area contributed by atoms with E-state index in [0.29, 0.717) is 12.6 Å². The number of piperazine rings is 1. The van der Waals surface area contributed by atoms with Gasteiger partial charge in [-0.3, -0.25) is 14.6 Å². The first-order chi connectivity index (χ1) is 14.7. The molecule has 1 heterocycles. The van der Waals surface area contributed by atoms with Gasteiger partial charge in [0.1, 0.15) is 0 Å². The van der Waals surface area contributed by atoms with E-state index in [9.17, 15) is 4.79 Å². The van der Waals surface area contributed by atoms with Gasteiger partial charge in [-0.15, -0.1) is 0 Å². The molecule has 1 atom stereocenters. The fourth-order valence-corrected chi connectivity index (χ4v) is 4.42. The van der Waals surface area contributed by atoms with E-state index >= 15 is 0 Å². The largest absolute Gasteiger partial charge is 0.297 e. The predicted molar refractivity (Wildman–Crippen MR) is 123 cm³/mol. The second kappa shape index (κ2) is 9.84. The molecule has 1 aliphatic heterocycles. The molecular formula is C27H30N2O. The van der Waals surface area contributed by atoms with Gasteiger partial charge in [0.05, 0.1) is 12.5 Å². The van der Waals surface area contributed by atoms with Crippen molar-refractivity contribution < 1.29 is 4.79 Å². The minimum Gasteiger partial charge on any atom is -0.297 e. The SMILES string of the molecule is CC(c1ccccc1)N1CCN(CC(=O)C(c2ccccc2)c2ccccc2)CC1. The first-order valence-corrected chi connectivity index (χ1v) is 10.9. The number of rotatable bonds is 7. The van der Waals surface area contributed by atoms with Gasteiger partial charge in [0.2, 0.25) is 0 Å². The van der Waals surface area contributed by atoms with E-state index in [-0.39, 0.29) is 11.7 Å². The summed E-state index contributed by atoms with van der Waals surface area (Å²) in [6.45, 7) is 6.62. The summed E-state index contributed by atoms with van der Waals surface area (Å²) in [5.41, 5.74) is 3.50. The molecule has 0 saturated carbocycles. The lowest BCUT2D eigenvalue weighted by atomic mass is 9.87. The molecule has 4 rings (SSSR count). The van der Waals surface area contributed by atoms with Crippen LogP contribution in [0, 0.1) is 0 Å². The van der Waals surface area contributed by atoms with Crippen molar-refractivity contribution in [2.45, 2.75) is 18.9 Å². The third kappa shape index (κ3) is 4.86. The Morgan fingerprint density at radius 2 is 1.13 bits per heavy atom. The monoisotopic (exact) mass is 398 g/mol. The fourth-order valence-electron chi connectivity index (χ4n) is 4.42. The van der Waals surface area contributed by atoms with E-state index in [4.69, 9.17) is 0 Å². The summed E-state index contributed by atoms with van der Waals surface area (Å²) in [4.78, 5) is 18.2. The Kier molecular flexibility index (Phi) is 6.73. The lowest BCUT2D eigenvalue weighted by Gasteiger charge is -2.38. The Morgan fingerprint density at radius 3 is 1.60 bits per heavy atom. The van der Waals surface area contributed by atoms with E-state index in [1.54, 1.807) is 0 Å². The highest BCUT2D eigenvalue weighted by Crippen LogP contribution is 2.27. The third-order valence-electron chi connectivity index (χ3n) is 6.20. The van der Waals surface area contributed by atoms with Crippen LogP contribution in [0.4, 0.5) is 0 Å². The van der Waals surface area contributed by atoms with Crippen molar-refractivity contribution in [3.63, 3.8) is 0 Å². The summed E-state index contributed by atoms with van der Waals surface area (Å²) in [5.74, 6) is 0.0747. The van der Waals surface area contributed by atoms with Gasteiger partial charge in [0.15, 0.2) is 5.78 Å². The fraction of sp³-hybridized carbons (Fsp3) is 0.296. The first-order valence-electron chi connectivity index (χ1n) is 10.9. The van der Waals surface area contributed by atoms with Crippen LogP contribution < -0.4 is 0 Å². The number of carbonyl (C=O) groups excluding carboxylic acids is 1. The van der Waals surface area contributed by atoms with Crippen LogP contribution in [-0.4, -0.2) is 48.3 Å². The molecule has 1 fully saturated rings. The average molecular weight is 399 g/mol. The second-order valence-electron chi connectivity index (χ2n) is 8.12. The van der Waals surface area contributed by atoms with E-state index in [1.165, 1.54) is 5.56 Å². The third-order valence-corrected chi connectivity index (χ3v) is 6.20. The van der Waals surface area contributed by atoms with Crippen LogP contribution in [0.15, 0.2) is 91.0 Å². The first kappa shape index (κ1) is 20.5. The highest BCUT2D eigenvalue weighted by molar-refractivity contribution is 5.90. The highest BCUT2D eigenvalue weighted by atomic mass is 16.1. The van der Waals surface area contributed by atoms with Crippen LogP contribution >= 0.6 is 0 Å². The molecule has 0 N–H and O–H groups in total. The zero-order valence-corrected chi connectivity index (χ0v) is 17.7. The van der Waals surface area contributed by atoms with Crippen LogP contribution in [0.5, 0.6) is 0 Å². The maximum absolute atomic E-state index is 13.4. The van der Waals surface area contributed by atoms with Crippen molar-refractivity contribution in [1.29, 1.82) is 0 Å². The molecule has 3 aromatic carbocycles. The average Bonchev–Trinajstić information content (AvgIpc) is 2.81. The van der Waals surface area contributed by atoms with Crippen LogP contribution in [0.2, 0.25) is 0 Å². The molecule has 0 aliphatic carbocycles. The van der Waals surface area contributed by atoms with Gasteiger partial charge in [-0.25, -0.2) is 0 Å². The van der Waals surface area contributed by atoms with Gasteiger partial charge < -0.3 is 0 Å². The van der Waals surface area contributed by atoms with E-state index in [1.807, 2.05) is 36.4 Å². The number of Topliss-reactive ketones (excluding diaryl/α,β-unsaturated/α-hetero) is 1. The molecule has 0 amide bonds. The van der Waals surface area contributed by atoms with Crippen LogP contribution in [-0.2, 0) is 4.79 Å². The maximum Gasteiger partial charge on any atom is 0.158 e. The van der Waals surface area contributed by atoms with E-state index < -0.39 is 0 Å². The zero-order valence-electron chi connectivity index (χ0n) is 17.7. The minimum atomic E-state index is -0.200. The molecule has 1 aliphatic rings. The van der Waals surface area contributed by atoms with Crippen molar-refractivity contribution in [3.8, 4) is 0 Å². The van der Waals surface area contributed by atoms with E-state index in [2.05, 4.69) is 71.3 Å². The smallest absolute Gasteiger partial charge is 0.158 e. The molecule has 3 heteroatoms. The van der Waals surface area contributed by atoms with Gasteiger partial charge in [0.25, 0.3) is 0 Å². The number of ketones is 1. The highest BCUT2D eigenvalue weighted by Gasteiger charge is 2.27. The van der Waals surface area contributed by atoms with Crippen molar-refractivity contribution in [2.24, 2.45) is 0 Å². The summed E-state index contributed by atoms with van der Waals surface area (Å²) >= 11 is 0. The standard InChI is InChI=1S/C27H30N2O/c1-22(23-11-5-2-6-12-23)29-19-17-28(18-20-29)21-26(30)27(24-13-7-3-8-14-24)25-15-9-4-10-16-25/h2-16,22,27H,17-21H2,1H3.